The lowest BCUT2D eigenvalue weighted by Gasteiger charge is -2.14. The van der Waals surface area contributed by atoms with E-state index in [0.717, 1.165) is 60.7 Å². The highest BCUT2D eigenvalue weighted by Crippen LogP contribution is 2.48. The lowest BCUT2D eigenvalue weighted by atomic mass is 10.1. The zero-order valence-electron chi connectivity index (χ0n) is 34.6. The number of sulfone groups is 1. The van der Waals surface area contributed by atoms with Gasteiger partial charge in [0, 0.05) is 5.69 Å². The summed E-state index contributed by atoms with van der Waals surface area (Å²) in [6.07, 6.45) is 0. The molecule has 0 unspecified atom stereocenters. The first kappa shape index (κ1) is 52.3. The van der Waals surface area contributed by atoms with Crippen molar-refractivity contribution in [2.24, 2.45) is 30.7 Å². The molecule has 0 saturated carbocycles. The van der Waals surface area contributed by atoms with Gasteiger partial charge in [0.05, 0.1) is 61.7 Å². The largest absolute Gasteiger partial charge is 0.505 e. The van der Waals surface area contributed by atoms with Crippen molar-refractivity contribution in [3.05, 3.63) is 97.1 Å². The lowest BCUT2D eigenvalue weighted by Crippen LogP contribution is -2.15. The van der Waals surface area contributed by atoms with E-state index < -0.39 is 121 Å². The Labute approximate surface area is 396 Å². The van der Waals surface area contributed by atoms with Gasteiger partial charge >= 0.3 is 10.4 Å². The van der Waals surface area contributed by atoms with Gasteiger partial charge in [0.25, 0.3) is 40.4 Å². The first-order valence-corrected chi connectivity index (χ1v) is 27.3. The molecule has 70 heavy (non-hydrogen) atoms. The minimum Gasteiger partial charge on any atom is -0.505 e. The Hall–Kier alpha value is -7.12. The number of rotatable bonds is 17. The molecule has 6 aromatic carbocycles. The average molecular weight is 1090 g/mol. The van der Waals surface area contributed by atoms with Gasteiger partial charge in [-0.05, 0) is 102 Å². The van der Waals surface area contributed by atoms with Gasteiger partial charge in [-0.2, -0.15) is 49.0 Å². The van der Waals surface area contributed by atoms with Crippen molar-refractivity contribution in [2.45, 2.75) is 24.5 Å². The molecule has 12 N–H and O–H groups in total. The molecule has 0 saturated heterocycles. The van der Waals surface area contributed by atoms with Crippen LogP contribution in [0.25, 0.3) is 10.8 Å². The van der Waals surface area contributed by atoms with E-state index in [1.807, 2.05) is 0 Å². The molecule has 0 aliphatic rings. The smallest absolute Gasteiger partial charge is 0.397 e. The number of hydrogen-bond donors (Lipinski definition) is 9. The summed E-state index contributed by atoms with van der Waals surface area (Å²) in [5, 5.41) is 33.2. The van der Waals surface area contributed by atoms with Crippen molar-refractivity contribution in [1.29, 1.82) is 0 Å². The summed E-state index contributed by atoms with van der Waals surface area (Å²) in [5.74, 6) is -1.98. The topological polar surface area (TPSA) is 479 Å². The van der Waals surface area contributed by atoms with Gasteiger partial charge in [0.15, 0.2) is 15.6 Å². The van der Waals surface area contributed by atoms with E-state index in [1.165, 1.54) is 24.3 Å². The lowest BCUT2D eigenvalue weighted by molar-refractivity contribution is 0.284. The van der Waals surface area contributed by atoms with Crippen LogP contribution >= 0.6 is 0 Å². The summed E-state index contributed by atoms with van der Waals surface area (Å²) >= 11 is 0. The Kier molecular flexibility index (Phi) is 14.4. The fourth-order valence-electron chi connectivity index (χ4n) is 5.93. The zero-order valence-corrected chi connectivity index (χ0v) is 39.5. The first-order chi connectivity index (χ1) is 32.3. The highest BCUT2D eigenvalue weighted by molar-refractivity contribution is 7.92. The Morgan fingerprint density at radius 1 is 0.514 bits per heavy atom. The molecular weight excluding hydrogens is 1050 g/mol. The number of nitrogens with one attached hydrogen (secondary N) is 1. The third-order valence-corrected chi connectivity index (χ3v) is 15.4. The normalized spacial score (nSPS) is 13.2. The Bertz CT molecular complexity index is 3880. The number of nitrogens with two attached hydrogens (primary N) is 3. The maximum Gasteiger partial charge on any atom is 0.397 e. The maximum atomic E-state index is 13.2. The molecular formula is C36H32N10O18S6. The van der Waals surface area contributed by atoms with E-state index in [2.05, 4.69) is 39.6 Å². The van der Waals surface area contributed by atoms with Gasteiger partial charge in [-0.25, -0.2) is 21.0 Å². The van der Waals surface area contributed by atoms with Crippen LogP contribution in [0.2, 0.25) is 0 Å². The summed E-state index contributed by atoms with van der Waals surface area (Å²) in [6, 6.07) is 17.1. The molecule has 0 radical (unpaired) electrons. The summed E-state index contributed by atoms with van der Waals surface area (Å²) in [6.45, 7) is -0.916. The van der Waals surface area contributed by atoms with Crippen LogP contribution in [0.4, 0.5) is 56.9 Å². The van der Waals surface area contributed by atoms with Crippen molar-refractivity contribution in [3.8, 4) is 5.75 Å². The van der Waals surface area contributed by atoms with Gasteiger partial charge in [0.2, 0.25) is 0 Å². The number of anilines is 4. The highest BCUT2D eigenvalue weighted by Gasteiger charge is 2.28. The van der Waals surface area contributed by atoms with E-state index in [9.17, 15) is 69.3 Å². The number of azo groups is 3. The number of benzene rings is 6. The molecule has 34 heteroatoms. The monoisotopic (exact) mass is 1080 g/mol. The summed E-state index contributed by atoms with van der Waals surface area (Å²) in [5.41, 5.74) is 14.5. The molecule has 28 nitrogen and oxygen atoms in total. The minimum absolute atomic E-state index is 0.0501. The second kappa shape index (κ2) is 19.3. The molecule has 370 valence electrons. The third kappa shape index (κ3) is 12.4. The van der Waals surface area contributed by atoms with Crippen molar-refractivity contribution in [3.63, 3.8) is 0 Å². The molecule has 0 aliphatic heterocycles. The van der Waals surface area contributed by atoms with Crippen LogP contribution < -0.4 is 21.9 Å². The molecule has 0 atom stereocenters. The van der Waals surface area contributed by atoms with Crippen molar-refractivity contribution < 1.29 is 78.0 Å². The van der Waals surface area contributed by atoms with Gasteiger partial charge in [0.1, 0.15) is 31.7 Å². The number of nitrogen functional groups attached to an aromatic ring is 3. The third-order valence-electron chi connectivity index (χ3n) is 9.16. The molecule has 6 aromatic rings. The average Bonchev–Trinajstić information content (AvgIpc) is 3.24. The van der Waals surface area contributed by atoms with Crippen LogP contribution in [0.1, 0.15) is 0 Å². The van der Waals surface area contributed by atoms with Crippen LogP contribution in [0.5, 0.6) is 5.75 Å². The molecule has 0 bridgehead atoms. The first-order valence-electron chi connectivity index (χ1n) is 18.5. The van der Waals surface area contributed by atoms with Gasteiger partial charge in [-0.1, -0.05) is 0 Å². The number of nitrogens with zero attached hydrogens (tertiary/aromatic N) is 6. The number of fused-ring (bicyclic) bond motifs is 1. The molecule has 0 aliphatic carbocycles. The van der Waals surface area contributed by atoms with E-state index in [0.29, 0.717) is 12.1 Å². The van der Waals surface area contributed by atoms with E-state index in [1.54, 1.807) is 0 Å². The number of hydrogen-bond acceptors (Lipinski definition) is 23. The van der Waals surface area contributed by atoms with Gasteiger partial charge < -0.3 is 22.3 Å². The summed E-state index contributed by atoms with van der Waals surface area (Å²) in [4.78, 5) is -3.52. The maximum absolute atomic E-state index is 13.2. The number of phenols is 1. The zero-order chi connectivity index (χ0) is 51.8. The standard InChI is InChI=1S/C36H32N10O18S6/c37-26-17-27(38)29(67(52,53)54)18-28(26)43-40-20-1-3-23(4-2-20)46-66(50,51)25-11-7-22(8-12-25)42-45-35-31(69(58,59)60)16-19-15-30(68(55,56)57)34(33(39)32(19)36(35)47)44-41-21-5-9-24(10-6-21)65(48,49)14-13-64-70(61,62)63/h1-12,15-18,46-47H,13-14,37-39H2,(H,52,53,54)(H,55,56,57)(H,58,59,60)(H,61,62,63). The number of aromatic hydroxyl groups is 1. The Morgan fingerprint density at radius 2 is 0.971 bits per heavy atom. The van der Waals surface area contributed by atoms with Crippen molar-refractivity contribution in [2.75, 3.05) is 34.3 Å². The van der Waals surface area contributed by atoms with Gasteiger partial charge in [-0.15, -0.1) is 15.3 Å². The highest BCUT2D eigenvalue weighted by atomic mass is 32.3. The molecule has 0 spiro atoms. The van der Waals surface area contributed by atoms with Crippen LogP contribution in [-0.4, -0.2) is 86.2 Å². The van der Waals surface area contributed by atoms with E-state index in [-0.39, 0.29) is 49.6 Å². The predicted molar refractivity (Wildman–Crippen MR) is 247 cm³/mol. The van der Waals surface area contributed by atoms with Crippen LogP contribution in [-0.2, 0) is 64.8 Å². The molecule has 0 aromatic heterocycles. The Balaban J connectivity index is 1.26. The van der Waals surface area contributed by atoms with Crippen LogP contribution in [0, 0.1) is 0 Å². The second-order valence-corrected chi connectivity index (χ2v) is 23.0. The summed E-state index contributed by atoms with van der Waals surface area (Å²) < 4.78 is 191. The quantitative estimate of drug-likeness (QED) is 0.0301. The van der Waals surface area contributed by atoms with Crippen LogP contribution in [0.15, 0.2) is 152 Å². The van der Waals surface area contributed by atoms with Crippen molar-refractivity contribution in [1.82, 2.24) is 0 Å². The number of sulfonamides is 1. The van der Waals surface area contributed by atoms with Gasteiger partial charge in [-0.3, -0.25) is 22.9 Å². The predicted octanol–water partition coefficient (Wildman–Crippen LogP) is 5.67. The molecule has 6 rings (SSSR count). The molecule has 0 amide bonds. The number of phenolic OH excluding ortho intramolecular Hbond substituents is 1. The fourth-order valence-corrected chi connectivity index (χ4v) is 10.4. The van der Waals surface area contributed by atoms with Crippen LogP contribution in [0.3, 0.4) is 0 Å². The SMILES string of the molecule is Nc1cc(N)c(S(=O)(=O)O)cc1N=Nc1ccc(NS(=O)(=O)c2ccc(N=Nc3c(S(=O)(=O)O)cc4cc(S(=O)(=O)O)c(N=Nc5ccc(S(=O)(=O)CCOS(=O)(=O)O)cc5)c(N)c4c3O)cc2)cc1. The molecule has 0 heterocycles. The van der Waals surface area contributed by atoms with E-state index in [4.69, 9.17) is 21.8 Å². The molecule has 0 fully saturated rings. The minimum atomic E-state index is -5.31. The Morgan fingerprint density at radius 3 is 1.47 bits per heavy atom. The van der Waals surface area contributed by atoms with Crippen molar-refractivity contribution >= 4 is 128 Å². The van der Waals surface area contributed by atoms with E-state index >= 15 is 0 Å². The fraction of sp³-hybridized carbons (Fsp3) is 0.0556. The second-order valence-electron chi connectivity index (χ2n) is 14.0. The summed E-state index contributed by atoms with van der Waals surface area (Å²) in [7, 11) is -28.7.